The van der Waals surface area contributed by atoms with Gasteiger partial charge in [-0.3, -0.25) is 4.79 Å². The van der Waals surface area contributed by atoms with Crippen LogP contribution < -0.4 is 5.84 Å². The third kappa shape index (κ3) is 1.82. The largest absolute Gasteiger partial charge is 0.296 e. The van der Waals surface area contributed by atoms with Gasteiger partial charge in [0.15, 0.2) is 11.8 Å². The third-order valence-corrected chi connectivity index (χ3v) is 2.71. The van der Waals surface area contributed by atoms with Gasteiger partial charge in [-0.15, -0.1) is 0 Å². The zero-order valence-corrected chi connectivity index (χ0v) is 8.58. The molecule has 0 aliphatic heterocycles. The summed E-state index contributed by atoms with van der Waals surface area (Å²) in [5, 5.41) is 0.658. The molecular formula is C9H14ClN2O+. The van der Waals surface area contributed by atoms with Gasteiger partial charge in [0.05, 0.1) is 14.1 Å². The van der Waals surface area contributed by atoms with Crippen LogP contribution in [0.4, 0.5) is 0 Å². The molecule has 0 aromatic heterocycles. The van der Waals surface area contributed by atoms with Crippen molar-refractivity contribution in [2.24, 2.45) is 5.84 Å². The van der Waals surface area contributed by atoms with E-state index in [1.807, 2.05) is 6.08 Å². The number of halogens is 1. The molecular weight excluding hydrogens is 188 g/mol. The Balaban J connectivity index is 3.01. The number of allylic oxidation sites excluding steroid dienone is 2. The lowest BCUT2D eigenvalue weighted by molar-refractivity contribution is -0.934. The summed E-state index contributed by atoms with van der Waals surface area (Å²) in [6.07, 6.45) is 6.72. The Morgan fingerprint density at radius 2 is 2.31 bits per heavy atom. The second-order valence-electron chi connectivity index (χ2n) is 3.78. The quantitative estimate of drug-likeness (QED) is 0.313. The summed E-state index contributed by atoms with van der Waals surface area (Å²) in [4.78, 5) is 11.0. The van der Waals surface area contributed by atoms with Gasteiger partial charge in [-0.2, -0.15) is 5.84 Å². The summed E-state index contributed by atoms with van der Waals surface area (Å²) in [6, 6.07) is 0. The monoisotopic (exact) mass is 201 g/mol. The molecule has 0 heterocycles. The Bertz CT molecular complexity index is 278. The number of aldehydes is 1. The molecule has 72 valence electrons. The highest BCUT2D eigenvalue weighted by atomic mass is 35.5. The van der Waals surface area contributed by atoms with Gasteiger partial charge < -0.3 is 0 Å². The van der Waals surface area contributed by atoms with E-state index in [-0.39, 0.29) is 4.59 Å². The van der Waals surface area contributed by atoms with Gasteiger partial charge in [-0.1, -0.05) is 17.7 Å². The van der Waals surface area contributed by atoms with Crippen LogP contribution in [0.2, 0.25) is 0 Å². The van der Waals surface area contributed by atoms with Crippen LogP contribution in [0.25, 0.3) is 0 Å². The van der Waals surface area contributed by atoms with E-state index in [1.165, 1.54) is 0 Å². The van der Waals surface area contributed by atoms with Crippen molar-refractivity contribution in [3.8, 4) is 0 Å². The fourth-order valence-electron chi connectivity index (χ4n) is 1.27. The minimum Gasteiger partial charge on any atom is -0.296 e. The highest BCUT2D eigenvalue weighted by Crippen LogP contribution is 2.27. The number of carbonyl (C=O) groups is 1. The molecule has 13 heavy (non-hydrogen) atoms. The van der Waals surface area contributed by atoms with Crippen LogP contribution in [0.3, 0.4) is 0 Å². The molecule has 1 aliphatic carbocycles. The van der Waals surface area contributed by atoms with Crippen LogP contribution in [-0.2, 0) is 4.79 Å². The highest BCUT2D eigenvalue weighted by molar-refractivity contribution is 6.31. The fraction of sp³-hybridized carbons (Fsp3) is 0.444. The van der Waals surface area contributed by atoms with Gasteiger partial charge in [0.1, 0.15) is 0 Å². The van der Waals surface area contributed by atoms with E-state index < -0.39 is 5.54 Å². The normalized spacial score (nSPS) is 28.5. The Labute approximate surface area is 83.0 Å². The lowest BCUT2D eigenvalue weighted by Crippen LogP contribution is -2.64. The molecule has 3 nitrogen and oxygen atoms in total. The van der Waals surface area contributed by atoms with Crippen LogP contribution in [0, 0.1) is 0 Å². The standard InChI is InChI=1S/C9H14ClN2O/c1-12(2,11)9(7-13)5-3-8(10)4-6-9/h3-5,7H,6,11H2,1-2H3/q+1. The van der Waals surface area contributed by atoms with Crippen molar-refractivity contribution in [3.63, 3.8) is 0 Å². The maximum atomic E-state index is 11.0. The summed E-state index contributed by atoms with van der Waals surface area (Å²) in [7, 11) is 3.57. The second-order valence-corrected chi connectivity index (χ2v) is 4.21. The second kappa shape index (κ2) is 3.25. The Morgan fingerprint density at radius 1 is 1.69 bits per heavy atom. The summed E-state index contributed by atoms with van der Waals surface area (Å²) in [5.41, 5.74) is -0.668. The van der Waals surface area contributed by atoms with Gasteiger partial charge in [0.25, 0.3) is 0 Å². The van der Waals surface area contributed by atoms with Gasteiger partial charge in [-0.05, 0) is 12.2 Å². The molecule has 0 saturated carbocycles. The van der Waals surface area contributed by atoms with E-state index in [0.29, 0.717) is 11.5 Å². The van der Waals surface area contributed by atoms with Crippen LogP contribution in [-0.4, -0.2) is 30.5 Å². The number of hydrogen-bond acceptors (Lipinski definition) is 2. The van der Waals surface area contributed by atoms with E-state index >= 15 is 0 Å². The number of likely N-dealkylation sites (N-methyl/N-ethyl adjacent to an activating group) is 1. The first kappa shape index (κ1) is 10.4. The number of rotatable bonds is 2. The zero-order valence-electron chi connectivity index (χ0n) is 7.83. The minimum atomic E-state index is -0.668. The van der Waals surface area contributed by atoms with Crippen molar-refractivity contribution in [2.75, 3.05) is 14.1 Å². The molecule has 0 aromatic rings. The number of nitrogens with two attached hydrogens (primary N) is 1. The molecule has 0 radical (unpaired) electrons. The lowest BCUT2D eigenvalue weighted by Gasteiger charge is -2.39. The van der Waals surface area contributed by atoms with E-state index in [1.54, 1.807) is 26.2 Å². The van der Waals surface area contributed by atoms with E-state index in [2.05, 4.69) is 0 Å². The maximum Gasteiger partial charge on any atom is 0.194 e. The molecule has 1 unspecified atom stereocenters. The van der Waals surface area contributed by atoms with Gasteiger partial charge in [0, 0.05) is 11.5 Å². The predicted octanol–water partition coefficient (Wildman–Crippen LogP) is 0.957. The molecule has 0 aromatic carbocycles. The van der Waals surface area contributed by atoms with E-state index in [0.717, 1.165) is 6.29 Å². The predicted molar refractivity (Wildman–Crippen MR) is 52.8 cm³/mol. The first-order valence-electron chi connectivity index (χ1n) is 4.05. The zero-order chi connectivity index (χ0) is 10.1. The summed E-state index contributed by atoms with van der Waals surface area (Å²) < 4.78 is 0.0909. The van der Waals surface area contributed by atoms with Crippen LogP contribution in [0.5, 0.6) is 0 Å². The van der Waals surface area contributed by atoms with Crippen molar-refractivity contribution in [1.29, 1.82) is 0 Å². The molecule has 1 aliphatic rings. The van der Waals surface area contributed by atoms with Crippen LogP contribution in [0.15, 0.2) is 23.3 Å². The Hall–Kier alpha value is -0.640. The number of nitrogens with zero attached hydrogens (tertiary/aromatic N) is 1. The van der Waals surface area contributed by atoms with Crippen molar-refractivity contribution >= 4 is 17.9 Å². The molecule has 0 spiro atoms. The molecule has 1 rings (SSSR count). The molecule has 1 atom stereocenters. The van der Waals surface area contributed by atoms with Crippen molar-refractivity contribution in [3.05, 3.63) is 23.3 Å². The number of hydrogen-bond donors (Lipinski definition) is 1. The van der Waals surface area contributed by atoms with Crippen molar-refractivity contribution in [2.45, 2.75) is 12.0 Å². The van der Waals surface area contributed by atoms with Crippen LogP contribution >= 0.6 is 11.6 Å². The lowest BCUT2D eigenvalue weighted by atomic mass is 9.91. The fourth-order valence-corrected chi connectivity index (χ4v) is 1.41. The molecule has 0 fully saturated rings. The average Bonchev–Trinajstić information content (AvgIpc) is 2.04. The highest BCUT2D eigenvalue weighted by Gasteiger charge is 2.42. The topological polar surface area (TPSA) is 43.1 Å². The molecule has 0 amide bonds. The van der Waals surface area contributed by atoms with E-state index in [4.69, 9.17) is 17.4 Å². The average molecular weight is 202 g/mol. The number of quaternary nitrogens is 1. The summed E-state index contributed by atoms with van der Waals surface area (Å²) in [6.45, 7) is 0. The van der Waals surface area contributed by atoms with Crippen molar-refractivity contribution < 1.29 is 9.39 Å². The molecule has 0 saturated heterocycles. The third-order valence-electron chi connectivity index (χ3n) is 2.43. The Kier molecular flexibility index (Phi) is 2.61. The SMILES string of the molecule is C[N+](C)(N)C1(C=O)C=CC(Cl)=CC1. The van der Waals surface area contributed by atoms with Gasteiger partial charge >= 0.3 is 0 Å². The molecule has 2 N–H and O–H groups in total. The van der Waals surface area contributed by atoms with Crippen LogP contribution in [0.1, 0.15) is 6.42 Å². The molecule has 0 bridgehead atoms. The van der Waals surface area contributed by atoms with Gasteiger partial charge in [0.2, 0.25) is 0 Å². The summed E-state index contributed by atoms with van der Waals surface area (Å²) in [5.74, 6) is 5.88. The van der Waals surface area contributed by atoms with Crippen molar-refractivity contribution in [1.82, 2.24) is 0 Å². The van der Waals surface area contributed by atoms with E-state index in [9.17, 15) is 4.79 Å². The Morgan fingerprint density at radius 3 is 2.62 bits per heavy atom. The minimum absolute atomic E-state index is 0.0909. The van der Waals surface area contributed by atoms with Gasteiger partial charge in [-0.25, -0.2) is 4.59 Å². The molecule has 4 heteroatoms. The number of carbonyl (C=O) groups excluding carboxylic acids is 1. The maximum absolute atomic E-state index is 11.0. The summed E-state index contributed by atoms with van der Waals surface area (Å²) >= 11 is 5.76. The first-order valence-corrected chi connectivity index (χ1v) is 4.43. The smallest absolute Gasteiger partial charge is 0.194 e. The first-order chi connectivity index (χ1) is 5.91.